The summed E-state index contributed by atoms with van der Waals surface area (Å²) in [6, 6.07) is 0. The van der Waals surface area contributed by atoms with Gasteiger partial charge in [-0.25, -0.2) is 0 Å². The van der Waals surface area contributed by atoms with E-state index in [0.717, 1.165) is 5.92 Å². The first-order valence-corrected chi connectivity index (χ1v) is 5.91. The second kappa shape index (κ2) is 6.00. The molecule has 0 aromatic carbocycles. The minimum absolute atomic E-state index is 0.950. The van der Waals surface area contributed by atoms with Crippen LogP contribution in [0.4, 0.5) is 0 Å². The Morgan fingerprint density at radius 2 is 2.07 bits per heavy atom. The van der Waals surface area contributed by atoms with Crippen LogP contribution in [0.2, 0.25) is 0 Å². The molecule has 0 heterocycles. The molecule has 1 rings (SSSR count). The molecule has 0 unspecified atom stereocenters. The van der Waals surface area contributed by atoms with E-state index >= 15 is 0 Å². The first kappa shape index (κ1) is 11.5. The van der Waals surface area contributed by atoms with E-state index in [-0.39, 0.29) is 0 Å². The Balaban J connectivity index is 2.44. The molecule has 1 aliphatic carbocycles. The highest BCUT2D eigenvalue weighted by atomic mass is 14.7. The van der Waals surface area contributed by atoms with Crippen LogP contribution < -0.4 is 0 Å². The quantitative estimate of drug-likeness (QED) is 0.576. The minimum atomic E-state index is 0.950. The molecule has 0 aromatic rings. The lowest BCUT2D eigenvalue weighted by Crippen LogP contribution is -2.15. The van der Waals surface area contributed by atoms with Crippen LogP contribution >= 0.6 is 0 Å². The zero-order valence-corrected chi connectivity index (χ0v) is 9.84. The van der Waals surface area contributed by atoms with Gasteiger partial charge < -0.3 is 0 Å². The summed E-state index contributed by atoms with van der Waals surface area (Å²) in [5.41, 5.74) is 2.71. The molecule has 0 radical (unpaired) electrons. The second-order valence-corrected chi connectivity index (χ2v) is 4.65. The third-order valence-corrected chi connectivity index (χ3v) is 2.79. The van der Waals surface area contributed by atoms with Crippen molar-refractivity contribution >= 4 is 5.71 Å². The summed E-state index contributed by atoms with van der Waals surface area (Å²) in [4.78, 5) is 4.59. The molecule has 0 amide bonds. The predicted molar refractivity (Wildman–Crippen MR) is 63.7 cm³/mol. The average molecular weight is 193 g/mol. The number of allylic oxidation sites excluding steroid dienone is 1. The van der Waals surface area contributed by atoms with Crippen molar-refractivity contribution in [3.05, 3.63) is 11.8 Å². The molecule has 1 heteroatoms. The van der Waals surface area contributed by atoms with E-state index in [2.05, 4.69) is 25.8 Å². The molecule has 0 bridgehead atoms. The summed E-state index contributed by atoms with van der Waals surface area (Å²) >= 11 is 0. The van der Waals surface area contributed by atoms with E-state index < -0.39 is 0 Å². The number of hydrogen-bond acceptors (Lipinski definition) is 1. The average Bonchev–Trinajstić information content (AvgIpc) is 2.06. The van der Waals surface area contributed by atoms with E-state index in [1.54, 1.807) is 0 Å². The van der Waals surface area contributed by atoms with Crippen molar-refractivity contribution in [2.75, 3.05) is 0 Å². The highest BCUT2D eigenvalue weighted by molar-refractivity contribution is 5.85. The van der Waals surface area contributed by atoms with Gasteiger partial charge >= 0.3 is 0 Å². The molecule has 0 aromatic heterocycles. The molecule has 0 atom stereocenters. The molecular formula is C13H23N. The number of hydrogen-bond donors (Lipinski definition) is 0. The topological polar surface area (TPSA) is 12.4 Å². The highest BCUT2D eigenvalue weighted by Crippen LogP contribution is 2.30. The van der Waals surface area contributed by atoms with Crippen LogP contribution in [0.5, 0.6) is 0 Å². The Kier molecular flexibility index (Phi) is 4.92. The molecule has 1 aliphatic rings. The Labute approximate surface area is 88.3 Å². The van der Waals surface area contributed by atoms with Crippen molar-refractivity contribution < 1.29 is 0 Å². The highest BCUT2D eigenvalue weighted by Gasteiger charge is 2.18. The summed E-state index contributed by atoms with van der Waals surface area (Å²) < 4.78 is 0. The van der Waals surface area contributed by atoms with Crippen molar-refractivity contribution in [3.63, 3.8) is 0 Å². The first-order valence-electron chi connectivity index (χ1n) is 5.91. The molecule has 1 saturated carbocycles. The van der Waals surface area contributed by atoms with Gasteiger partial charge in [-0.1, -0.05) is 38.2 Å². The summed E-state index contributed by atoms with van der Waals surface area (Å²) in [6.45, 7) is 6.45. The lowest BCUT2D eigenvalue weighted by Gasteiger charge is -2.25. The monoisotopic (exact) mass is 193 g/mol. The van der Waals surface area contributed by atoms with Crippen LogP contribution in [0.25, 0.3) is 0 Å². The van der Waals surface area contributed by atoms with Gasteiger partial charge in [0.2, 0.25) is 0 Å². The Morgan fingerprint density at radius 3 is 2.50 bits per heavy atom. The molecule has 1 fully saturated rings. The first-order chi connectivity index (χ1) is 6.72. The molecule has 0 saturated heterocycles. The van der Waals surface area contributed by atoms with Crippen LogP contribution in [0.1, 0.15) is 59.3 Å². The van der Waals surface area contributed by atoms with Gasteiger partial charge in [0.1, 0.15) is 0 Å². The van der Waals surface area contributed by atoms with Crippen LogP contribution in [0, 0.1) is 5.92 Å². The van der Waals surface area contributed by atoms with Crippen LogP contribution in [0.3, 0.4) is 0 Å². The fraction of sp³-hybridized carbons (Fsp3) is 0.769. The lowest BCUT2D eigenvalue weighted by molar-refractivity contribution is 0.325. The lowest BCUT2D eigenvalue weighted by atomic mass is 9.81. The molecule has 1 nitrogen and oxygen atoms in total. The van der Waals surface area contributed by atoms with E-state index in [9.17, 15) is 0 Å². The smallest absolute Gasteiger partial charge is 0.0253 e. The van der Waals surface area contributed by atoms with Crippen LogP contribution in [-0.4, -0.2) is 5.71 Å². The van der Waals surface area contributed by atoms with Gasteiger partial charge in [0, 0.05) is 11.9 Å². The molecular weight excluding hydrogens is 170 g/mol. The third-order valence-electron chi connectivity index (χ3n) is 2.79. The van der Waals surface area contributed by atoms with Crippen LogP contribution in [0.15, 0.2) is 16.8 Å². The van der Waals surface area contributed by atoms with Crippen molar-refractivity contribution in [1.29, 1.82) is 0 Å². The zero-order chi connectivity index (χ0) is 10.4. The van der Waals surface area contributed by atoms with Crippen molar-refractivity contribution in [3.8, 4) is 0 Å². The Morgan fingerprint density at radius 1 is 1.36 bits per heavy atom. The van der Waals surface area contributed by atoms with E-state index in [1.165, 1.54) is 49.8 Å². The Bertz CT molecular complexity index is 217. The van der Waals surface area contributed by atoms with Gasteiger partial charge in [0.05, 0.1) is 0 Å². The maximum atomic E-state index is 4.59. The van der Waals surface area contributed by atoms with Gasteiger partial charge in [-0.2, -0.15) is 0 Å². The van der Waals surface area contributed by atoms with Crippen molar-refractivity contribution in [2.24, 2.45) is 10.9 Å². The zero-order valence-electron chi connectivity index (χ0n) is 9.84. The molecule has 14 heavy (non-hydrogen) atoms. The summed E-state index contributed by atoms with van der Waals surface area (Å²) in [7, 11) is 0. The number of nitrogens with zero attached hydrogens (tertiary/aromatic N) is 1. The van der Waals surface area contributed by atoms with Gasteiger partial charge in [-0.15, -0.1) is 0 Å². The van der Waals surface area contributed by atoms with E-state index in [1.807, 2.05) is 6.20 Å². The van der Waals surface area contributed by atoms with Gasteiger partial charge in [-0.05, 0) is 32.6 Å². The molecule has 0 N–H and O–H groups in total. The molecule has 0 spiro atoms. The van der Waals surface area contributed by atoms with Gasteiger partial charge in [0.25, 0.3) is 0 Å². The fourth-order valence-corrected chi connectivity index (χ4v) is 1.76. The largest absolute Gasteiger partial charge is 0.266 e. The normalized spacial score (nSPS) is 17.8. The second-order valence-electron chi connectivity index (χ2n) is 4.65. The minimum Gasteiger partial charge on any atom is -0.266 e. The summed E-state index contributed by atoms with van der Waals surface area (Å²) in [5, 5.41) is 0. The summed E-state index contributed by atoms with van der Waals surface area (Å²) in [5.74, 6) is 0.950. The molecule has 0 aliphatic heterocycles. The van der Waals surface area contributed by atoms with Gasteiger partial charge in [-0.3, -0.25) is 4.99 Å². The van der Waals surface area contributed by atoms with Gasteiger partial charge in [0.15, 0.2) is 0 Å². The predicted octanol–water partition coefficient (Wildman–Crippen LogP) is 4.34. The number of aliphatic imine (C=N–C) groups is 1. The maximum Gasteiger partial charge on any atom is 0.0253 e. The van der Waals surface area contributed by atoms with E-state index in [0.29, 0.717) is 0 Å². The number of rotatable bonds is 5. The van der Waals surface area contributed by atoms with Crippen LogP contribution in [-0.2, 0) is 0 Å². The van der Waals surface area contributed by atoms with Crippen molar-refractivity contribution in [1.82, 2.24) is 0 Å². The SMILES string of the molecule is CCC/C(CC1CCC1)=N\C=C(C)C. The summed E-state index contributed by atoms with van der Waals surface area (Å²) in [6.07, 6.45) is 9.96. The molecule has 80 valence electrons. The van der Waals surface area contributed by atoms with E-state index in [4.69, 9.17) is 0 Å². The standard InChI is InChI=1S/C13H23N/c1-4-6-13(14-10-11(2)3)9-12-7-5-8-12/h10,12H,4-9H2,1-3H3/b14-13+. The fourth-order valence-electron chi connectivity index (χ4n) is 1.76. The Hall–Kier alpha value is -0.590. The maximum absolute atomic E-state index is 4.59. The third kappa shape index (κ3) is 4.08. The van der Waals surface area contributed by atoms with Crippen molar-refractivity contribution in [2.45, 2.75) is 59.3 Å².